The molecular formula is C12H14F2O2. The zero-order chi connectivity index (χ0) is 12.4. The lowest BCUT2D eigenvalue weighted by Gasteiger charge is -2.33. The molecule has 0 saturated carbocycles. The molecule has 0 spiro atoms. The topological polar surface area (TPSA) is 37.3 Å². The Hall–Kier alpha value is -1.45. The van der Waals surface area contributed by atoms with Gasteiger partial charge in [0.05, 0.1) is 6.42 Å². The summed E-state index contributed by atoms with van der Waals surface area (Å²) >= 11 is 0. The summed E-state index contributed by atoms with van der Waals surface area (Å²) in [7, 11) is 0. The molecule has 0 bridgehead atoms. The van der Waals surface area contributed by atoms with Crippen LogP contribution in [-0.4, -0.2) is 11.1 Å². The number of aliphatic carboxylic acids is 1. The first-order chi connectivity index (χ1) is 7.27. The number of benzene rings is 1. The molecule has 0 heterocycles. The Morgan fingerprint density at radius 3 is 2.19 bits per heavy atom. The van der Waals surface area contributed by atoms with Crippen molar-refractivity contribution in [2.75, 3.05) is 0 Å². The third-order valence-corrected chi connectivity index (χ3v) is 2.58. The van der Waals surface area contributed by atoms with E-state index in [1.807, 2.05) is 0 Å². The maximum atomic E-state index is 14.0. The zero-order valence-corrected chi connectivity index (χ0v) is 9.21. The van der Waals surface area contributed by atoms with E-state index in [1.165, 1.54) is 38.1 Å². The predicted molar refractivity (Wildman–Crippen MR) is 56.4 cm³/mol. The number of hydrogen-bond acceptors (Lipinski definition) is 1. The zero-order valence-electron chi connectivity index (χ0n) is 9.21. The minimum Gasteiger partial charge on any atom is -0.481 e. The van der Waals surface area contributed by atoms with E-state index in [9.17, 15) is 13.6 Å². The number of carboxylic acids is 1. The molecular weight excluding hydrogens is 214 g/mol. The van der Waals surface area contributed by atoms with Crippen LogP contribution in [0.2, 0.25) is 0 Å². The van der Waals surface area contributed by atoms with E-state index in [0.29, 0.717) is 0 Å². The summed E-state index contributed by atoms with van der Waals surface area (Å²) in [5, 5.41) is 8.63. The molecule has 1 aromatic rings. The average Bonchev–Trinajstić information content (AvgIpc) is 2.17. The highest BCUT2D eigenvalue weighted by atomic mass is 19.3. The van der Waals surface area contributed by atoms with Crippen LogP contribution in [0.1, 0.15) is 25.8 Å². The normalized spacial score (nSPS) is 12.5. The summed E-state index contributed by atoms with van der Waals surface area (Å²) in [6.45, 7) is 2.52. The van der Waals surface area contributed by atoms with Gasteiger partial charge in [-0.2, -0.15) is 0 Å². The molecule has 0 fully saturated rings. The maximum Gasteiger partial charge on any atom is 0.304 e. The SMILES string of the molecule is CC(C)(CC(=O)O)C(F)(F)c1ccccc1. The summed E-state index contributed by atoms with van der Waals surface area (Å²) in [5.74, 6) is -4.38. The van der Waals surface area contributed by atoms with E-state index in [1.54, 1.807) is 6.07 Å². The van der Waals surface area contributed by atoms with E-state index < -0.39 is 23.7 Å². The smallest absolute Gasteiger partial charge is 0.304 e. The Morgan fingerprint density at radius 2 is 1.75 bits per heavy atom. The molecule has 88 valence electrons. The van der Waals surface area contributed by atoms with E-state index >= 15 is 0 Å². The van der Waals surface area contributed by atoms with Gasteiger partial charge in [-0.05, 0) is 0 Å². The van der Waals surface area contributed by atoms with Crippen molar-refractivity contribution in [3.8, 4) is 0 Å². The monoisotopic (exact) mass is 228 g/mol. The summed E-state index contributed by atoms with van der Waals surface area (Å²) in [5.41, 5.74) is -1.76. The Labute approximate surface area is 92.9 Å². The lowest BCUT2D eigenvalue weighted by molar-refractivity contribution is -0.154. The Morgan fingerprint density at radius 1 is 1.25 bits per heavy atom. The molecule has 0 unspecified atom stereocenters. The van der Waals surface area contributed by atoms with Crippen LogP contribution < -0.4 is 0 Å². The number of hydrogen-bond donors (Lipinski definition) is 1. The van der Waals surface area contributed by atoms with Gasteiger partial charge >= 0.3 is 5.97 Å². The second-order valence-corrected chi connectivity index (χ2v) is 4.39. The third-order valence-electron chi connectivity index (χ3n) is 2.58. The molecule has 4 heteroatoms. The average molecular weight is 228 g/mol. The summed E-state index contributed by atoms with van der Waals surface area (Å²) in [4.78, 5) is 10.6. The lowest BCUT2D eigenvalue weighted by atomic mass is 9.79. The number of rotatable bonds is 4. The Bertz CT molecular complexity index is 372. The quantitative estimate of drug-likeness (QED) is 0.858. The van der Waals surface area contributed by atoms with Gasteiger partial charge in [-0.15, -0.1) is 0 Å². The van der Waals surface area contributed by atoms with E-state index in [-0.39, 0.29) is 5.56 Å². The van der Waals surface area contributed by atoms with Gasteiger partial charge in [0.15, 0.2) is 0 Å². The van der Waals surface area contributed by atoms with Crippen LogP contribution in [0, 0.1) is 5.41 Å². The van der Waals surface area contributed by atoms with Crippen molar-refractivity contribution in [3.63, 3.8) is 0 Å². The Kier molecular flexibility index (Phi) is 3.31. The van der Waals surface area contributed by atoms with E-state index in [2.05, 4.69) is 0 Å². The fourth-order valence-corrected chi connectivity index (χ4v) is 1.53. The molecule has 1 rings (SSSR count). The number of halogens is 2. The first-order valence-corrected chi connectivity index (χ1v) is 4.92. The highest BCUT2D eigenvalue weighted by molar-refractivity contribution is 5.67. The molecule has 16 heavy (non-hydrogen) atoms. The summed E-state index contributed by atoms with van der Waals surface area (Å²) in [6, 6.07) is 7.29. The number of carboxylic acid groups (broad SMARTS) is 1. The van der Waals surface area contributed by atoms with Crippen LogP contribution in [-0.2, 0) is 10.7 Å². The van der Waals surface area contributed by atoms with Gasteiger partial charge in [-0.25, -0.2) is 8.78 Å². The van der Waals surface area contributed by atoms with Crippen LogP contribution in [0.4, 0.5) is 8.78 Å². The Balaban J connectivity index is 3.05. The highest BCUT2D eigenvalue weighted by Gasteiger charge is 2.48. The number of carbonyl (C=O) groups is 1. The summed E-state index contributed by atoms with van der Waals surface area (Å²) in [6.07, 6.45) is -0.575. The fourth-order valence-electron chi connectivity index (χ4n) is 1.53. The van der Waals surface area contributed by atoms with Crippen molar-refractivity contribution in [1.82, 2.24) is 0 Å². The van der Waals surface area contributed by atoms with Crippen LogP contribution in [0.25, 0.3) is 0 Å². The molecule has 1 N–H and O–H groups in total. The van der Waals surface area contributed by atoms with Crippen molar-refractivity contribution in [1.29, 1.82) is 0 Å². The van der Waals surface area contributed by atoms with Crippen molar-refractivity contribution in [2.45, 2.75) is 26.2 Å². The van der Waals surface area contributed by atoms with Gasteiger partial charge in [-0.3, -0.25) is 4.79 Å². The first-order valence-electron chi connectivity index (χ1n) is 4.92. The van der Waals surface area contributed by atoms with Crippen LogP contribution >= 0.6 is 0 Å². The second-order valence-electron chi connectivity index (χ2n) is 4.39. The van der Waals surface area contributed by atoms with Gasteiger partial charge in [0.25, 0.3) is 5.92 Å². The van der Waals surface area contributed by atoms with Crippen LogP contribution in [0.15, 0.2) is 30.3 Å². The lowest BCUT2D eigenvalue weighted by Crippen LogP contribution is -2.36. The summed E-state index contributed by atoms with van der Waals surface area (Å²) < 4.78 is 28.1. The molecule has 0 aliphatic heterocycles. The van der Waals surface area contributed by atoms with Gasteiger partial charge in [0, 0.05) is 11.0 Å². The van der Waals surface area contributed by atoms with Gasteiger partial charge in [0.1, 0.15) is 0 Å². The number of alkyl halides is 2. The molecule has 0 aliphatic carbocycles. The third kappa shape index (κ3) is 2.38. The molecule has 1 aromatic carbocycles. The first kappa shape index (κ1) is 12.6. The molecule has 0 atom stereocenters. The predicted octanol–water partition coefficient (Wildman–Crippen LogP) is 3.28. The van der Waals surface area contributed by atoms with E-state index in [0.717, 1.165) is 0 Å². The van der Waals surface area contributed by atoms with Crippen molar-refractivity contribution in [3.05, 3.63) is 35.9 Å². The maximum absolute atomic E-state index is 14.0. The largest absolute Gasteiger partial charge is 0.481 e. The molecule has 0 amide bonds. The van der Waals surface area contributed by atoms with Crippen molar-refractivity contribution >= 4 is 5.97 Å². The van der Waals surface area contributed by atoms with Crippen LogP contribution in [0.5, 0.6) is 0 Å². The standard InChI is InChI=1S/C12H14F2O2/c1-11(2,8-10(15)16)12(13,14)9-6-4-3-5-7-9/h3-7H,8H2,1-2H3,(H,15,16). The molecule has 0 radical (unpaired) electrons. The molecule has 0 saturated heterocycles. The molecule has 0 aliphatic rings. The van der Waals surface area contributed by atoms with Crippen molar-refractivity contribution < 1.29 is 18.7 Å². The minimum atomic E-state index is -3.16. The van der Waals surface area contributed by atoms with Gasteiger partial charge in [0.2, 0.25) is 0 Å². The highest BCUT2D eigenvalue weighted by Crippen LogP contribution is 2.46. The van der Waals surface area contributed by atoms with E-state index in [4.69, 9.17) is 5.11 Å². The van der Waals surface area contributed by atoms with Crippen LogP contribution in [0.3, 0.4) is 0 Å². The second kappa shape index (κ2) is 4.20. The fraction of sp³-hybridized carbons (Fsp3) is 0.417. The van der Waals surface area contributed by atoms with Gasteiger partial charge < -0.3 is 5.11 Å². The minimum absolute atomic E-state index is 0.152. The molecule has 0 aromatic heterocycles. The van der Waals surface area contributed by atoms with Gasteiger partial charge in [-0.1, -0.05) is 44.2 Å². The molecule has 2 nitrogen and oxygen atoms in total. The van der Waals surface area contributed by atoms with Crippen molar-refractivity contribution in [2.24, 2.45) is 5.41 Å².